The van der Waals surface area contributed by atoms with E-state index >= 15 is 0 Å². The number of para-hydroxylation sites is 1. The Bertz CT molecular complexity index is 939. The number of anilines is 1. The van der Waals surface area contributed by atoms with Gasteiger partial charge in [0, 0.05) is 30.2 Å². The molecule has 0 fully saturated rings. The van der Waals surface area contributed by atoms with Gasteiger partial charge < -0.3 is 9.88 Å². The maximum atomic E-state index is 12.6. The van der Waals surface area contributed by atoms with E-state index in [0.29, 0.717) is 0 Å². The van der Waals surface area contributed by atoms with E-state index in [-0.39, 0.29) is 11.7 Å². The summed E-state index contributed by atoms with van der Waals surface area (Å²) in [5.41, 5.74) is 4.11. The molecule has 3 rings (SSSR count). The van der Waals surface area contributed by atoms with Gasteiger partial charge in [0.2, 0.25) is 5.91 Å². The topological polar surface area (TPSA) is 72.7 Å². The molecule has 0 atom stereocenters. The SMILES string of the molecule is CCCn1c(SCC(=O)Nc2c(C)cccc2CC)nnc1-c1ccncc1. The Hall–Kier alpha value is -2.67. The molecule has 2 heterocycles. The van der Waals surface area contributed by atoms with Gasteiger partial charge in [-0.05, 0) is 43.0 Å². The number of nitrogens with zero attached hydrogens (tertiary/aromatic N) is 4. The third-order valence-corrected chi connectivity index (χ3v) is 5.41. The highest BCUT2D eigenvalue weighted by molar-refractivity contribution is 7.99. The smallest absolute Gasteiger partial charge is 0.234 e. The van der Waals surface area contributed by atoms with Crippen molar-refractivity contribution in [2.24, 2.45) is 0 Å². The minimum Gasteiger partial charge on any atom is -0.325 e. The second-order valence-electron chi connectivity index (χ2n) is 6.49. The Labute approximate surface area is 169 Å². The Balaban J connectivity index is 1.73. The number of benzene rings is 1. The molecule has 146 valence electrons. The molecule has 7 heteroatoms. The molecule has 0 saturated carbocycles. The Morgan fingerprint density at radius 2 is 1.93 bits per heavy atom. The van der Waals surface area contributed by atoms with Crippen LogP contribution in [0.2, 0.25) is 0 Å². The van der Waals surface area contributed by atoms with Crippen LogP contribution in [-0.2, 0) is 17.8 Å². The molecule has 1 amide bonds. The first-order chi connectivity index (χ1) is 13.6. The number of aryl methyl sites for hydroxylation is 2. The molecule has 3 aromatic rings. The van der Waals surface area contributed by atoms with E-state index in [1.54, 1.807) is 12.4 Å². The molecule has 0 aliphatic carbocycles. The molecule has 1 N–H and O–H groups in total. The number of carbonyl (C=O) groups excluding carboxylic acids is 1. The minimum absolute atomic E-state index is 0.0366. The van der Waals surface area contributed by atoms with Crippen LogP contribution in [0, 0.1) is 6.92 Å². The van der Waals surface area contributed by atoms with E-state index < -0.39 is 0 Å². The van der Waals surface area contributed by atoms with Gasteiger partial charge in [0.1, 0.15) is 0 Å². The summed E-state index contributed by atoms with van der Waals surface area (Å²) in [5, 5.41) is 12.5. The van der Waals surface area contributed by atoms with Crippen LogP contribution in [0.1, 0.15) is 31.4 Å². The van der Waals surface area contributed by atoms with Crippen LogP contribution in [0.25, 0.3) is 11.4 Å². The summed E-state index contributed by atoms with van der Waals surface area (Å²) >= 11 is 1.41. The summed E-state index contributed by atoms with van der Waals surface area (Å²) in [5.74, 6) is 1.06. The van der Waals surface area contributed by atoms with Gasteiger partial charge in [-0.2, -0.15) is 0 Å². The molecule has 0 bridgehead atoms. The lowest BCUT2D eigenvalue weighted by molar-refractivity contribution is -0.113. The fourth-order valence-corrected chi connectivity index (χ4v) is 3.81. The zero-order valence-corrected chi connectivity index (χ0v) is 17.3. The lowest BCUT2D eigenvalue weighted by Crippen LogP contribution is -2.16. The van der Waals surface area contributed by atoms with Crippen LogP contribution >= 0.6 is 11.8 Å². The van der Waals surface area contributed by atoms with Crippen LogP contribution in [0.3, 0.4) is 0 Å². The largest absolute Gasteiger partial charge is 0.325 e. The molecule has 0 radical (unpaired) electrons. The molecular weight excluding hydrogens is 370 g/mol. The number of thioether (sulfide) groups is 1. The third kappa shape index (κ3) is 4.59. The predicted molar refractivity (Wildman–Crippen MR) is 113 cm³/mol. The Morgan fingerprint density at radius 1 is 1.14 bits per heavy atom. The molecule has 0 spiro atoms. The zero-order chi connectivity index (χ0) is 19.9. The van der Waals surface area contributed by atoms with Crippen molar-refractivity contribution in [3.63, 3.8) is 0 Å². The number of aromatic nitrogens is 4. The van der Waals surface area contributed by atoms with Crippen LogP contribution < -0.4 is 5.32 Å². The maximum absolute atomic E-state index is 12.6. The number of amides is 1. The van der Waals surface area contributed by atoms with Gasteiger partial charge in [-0.3, -0.25) is 9.78 Å². The predicted octanol–water partition coefficient (Wildman–Crippen LogP) is 4.35. The van der Waals surface area contributed by atoms with Crippen molar-refractivity contribution in [3.05, 3.63) is 53.9 Å². The van der Waals surface area contributed by atoms with Crippen molar-refractivity contribution in [3.8, 4) is 11.4 Å². The zero-order valence-electron chi connectivity index (χ0n) is 16.5. The van der Waals surface area contributed by atoms with Gasteiger partial charge in [-0.15, -0.1) is 10.2 Å². The van der Waals surface area contributed by atoms with E-state index in [9.17, 15) is 4.79 Å². The summed E-state index contributed by atoms with van der Waals surface area (Å²) in [6.07, 6.45) is 5.33. The Kier molecular flexibility index (Phi) is 6.81. The standard InChI is InChI=1S/C21H25N5OS/c1-4-13-26-20(17-9-11-22-12-10-17)24-25-21(26)28-14-18(27)23-19-15(3)7-6-8-16(19)5-2/h6-12H,4-5,13-14H2,1-3H3,(H,23,27). The van der Waals surface area contributed by atoms with Crippen molar-refractivity contribution < 1.29 is 4.79 Å². The van der Waals surface area contributed by atoms with Crippen LogP contribution in [-0.4, -0.2) is 31.4 Å². The van der Waals surface area contributed by atoms with Gasteiger partial charge in [0.05, 0.1) is 5.75 Å². The van der Waals surface area contributed by atoms with E-state index in [4.69, 9.17) is 0 Å². The van der Waals surface area contributed by atoms with Crippen molar-refractivity contribution in [2.45, 2.75) is 45.3 Å². The average Bonchev–Trinajstić information content (AvgIpc) is 3.11. The quantitative estimate of drug-likeness (QED) is 0.574. The summed E-state index contributed by atoms with van der Waals surface area (Å²) in [6.45, 7) is 7.02. The highest BCUT2D eigenvalue weighted by Crippen LogP contribution is 2.25. The second kappa shape index (κ2) is 9.50. The van der Waals surface area contributed by atoms with E-state index in [1.807, 2.05) is 31.2 Å². The number of hydrogen-bond donors (Lipinski definition) is 1. The molecule has 0 aliphatic heterocycles. The lowest BCUT2D eigenvalue weighted by Gasteiger charge is -2.13. The van der Waals surface area contributed by atoms with E-state index in [0.717, 1.165) is 52.7 Å². The van der Waals surface area contributed by atoms with Gasteiger partial charge >= 0.3 is 0 Å². The fraction of sp³-hybridized carbons (Fsp3) is 0.333. The van der Waals surface area contributed by atoms with E-state index in [1.165, 1.54) is 11.8 Å². The highest BCUT2D eigenvalue weighted by atomic mass is 32.2. The minimum atomic E-state index is -0.0366. The van der Waals surface area contributed by atoms with Crippen molar-refractivity contribution in [1.82, 2.24) is 19.7 Å². The molecular formula is C21H25N5OS. The number of rotatable bonds is 8. The van der Waals surface area contributed by atoms with Crippen LogP contribution in [0.4, 0.5) is 5.69 Å². The van der Waals surface area contributed by atoms with Gasteiger partial charge in [-0.25, -0.2) is 0 Å². The van der Waals surface area contributed by atoms with Crippen molar-refractivity contribution >= 4 is 23.4 Å². The monoisotopic (exact) mass is 395 g/mol. The first-order valence-electron chi connectivity index (χ1n) is 9.48. The van der Waals surface area contributed by atoms with Gasteiger partial charge in [0.25, 0.3) is 0 Å². The summed E-state index contributed by atoms with van der Waals surface area (Å²) in [7, 11) is 0. The average molecular weight is 396 g/mol. The molecule has 0 unspecified atom stereocenters. The Morgan fingerprint density at radius 3 is 2.64 bits per heavy atom. The maximum Gasteiger partial charge on any atom is 0.234 e. The summed E-state index contributed by atoms with van der Waals surface area (Å²) < 4.78 is 2.07. The molecule has 28 heavy (non-hydrogen) atoms. The second-order valence-corrected chi connectivity index (χ2v) is 7.44. The van der Waals surface area contributed by atoms with Gasteiger partial charge in [-0.1, -0.05) is 43.8 Å². The molecule has 2 aromatic heterocycles. The number of carbonyl (C=O) groups is 1. The van der Waals surface area contributed by atoms with Crippen molar-refractivity contribution in [2.75, 3.05) is 11.1 Å². The summed E-state index contributed by atoms with van der Waals surface area (Å²) in [6, 6.07) is 9.92. The van der Waals surface area contributed by atoms with Crippen LogP contribution in [0.15, 0.2) is 47.9 Å². The van der Waals surface area contributed by atoms with E-state index in [2.05, 4.69) is 45.0 Å². The molecule has 0 saturated heterocycles. The third-order valence-electron chi connectivity index (χ3n) is 4.44. The summed E-state index contributed by atoms with van der Waals surface area (Å²) in [4.78, 5) is 16.6. The lowest BCUT2D eigenvalue weighted by atomic mass is 10.1. The highest BCUT2D eigenvalue weighted by Gasteiger charge is 2.16. The number of hydrogen-bond acceptors (Lipinski definition) is 5. The van der Waals surface area contributed by atoms with Crippen LogP contribution in [0.5, 0.6) is 0 Å². The first-order valence-corrected chi connectivity index (χ1v) is 10.5. The normalized spacial score (nSPS) is 10.8. The molecule has 6 nitrogen and oxygen atoms in total. The van der Waals surface area contributed by atoms with Gasteiger partial charge in [0.15, 0.2) is 11.0 Å². The fourth-order valence-electron chi connectivity index (χ4n) is 3.04. The molecule has 0 aliphatic rings. The number of pyridine rings is 1. The number of nitrogens with one attached hydrogen (secondary N) is 1. The molecule has 1 aromatic carbocycles. The van der Waals surface area contributed by atoms with Crippen molar-refractivity contribution in [1.29, 1.82) is 0 Å². The first kappa shape index (κ1) is 20.1.